The van der Waals surface area contributed by atoms with E-state index in [4.69, 9.17) is 0 Å². The first kappa shape index (κ1) is 33.1. The SMILES string of the molecule is C=C1C=CCC(C)(C)[C@H]1/C=C/C(C)=C/C=C/C(C)=C/C=C/C=C(C)/C=C/C=C(C)/C=C/C1=C(C)CC(C)C[C@@H]1C. The van der Waals surface area contributed by atoms with E-state index in [-0.39, 0.29) is 5.41 Å². The highest BCUT2D eigenvalue weighted by Crippen LogP contribution is 2.40. The summed E-state index contributed by atoms with van der Waals surface area (Å²) < 4.78 is 0. The Hall–Kier alpha value is -3.12. The fourth-order valence-electron chi connectivity index (χ4n) is 5.62. The highest BCUT2D eigenvalue weighted by molar-refractivity contribution is 5.36. The van der Waals surface area contributed by atoms with Crippen molar-refractivity contribution in [3.05, 3.63) is 143 Å². The number of hydrogen-bond donors (Lipinski definition) is 0. The molecule has 0 aromatic rings. The molecule has 0 heteroatoms. The maximum Gasteiger partial charge on any atom is 0.00693 e. The van der Waals surface area contributed by atoms with Crippen molar-refractivity contribution < 1.29 is 0 Å². The molecule has 3 atom stereocenters. The minimum atomic E-state index is 0.225. The van der Waals surface area contributed by atoms with Gasteiger partial charge >= 0.3 is 0 Å². The Kier molecular flexibility index (Phi) is 13.4. The summed E-state index contributed by atoms with van der Waals surface area (Å²) in [7, 11) is 0. The summed E-state index contributed by atoms with van der Waals surface area (Å²) in [5.74, 6) is 1.86. The predicted molar refractivity (Wildman–Crippen MR) is 181 cm³/mol. The Morgan fingerprint density at radius 3 is 1.88 bits per heavy atom. The summed E-state index contributed by atoms with van der Waals surface area (Å²) in [4.78, 5) is 0. The molecule has 2 aliphatic carbocycles. The van der Waals surface area contributed by atoms with Gasteiger partial charge in [0, 0.05) is 5.92 Å². The van der Waals surface area contributed by atoms with Crippen molar-refractivity contribution in [3.8, 4) is 0 Å². The summed E-state index contributed by atoms with van der Waals surface area (Å²) >= 11 is 0. The zero-order chi connectivity index (χ0) is 29.7. The Morgan fingerprint density at radius 2 is 1.32 bits per heavy atom. The summed E-state index contributed by atoms with van der Waals surface area (Å²) in [5.41, 5.74) is 9.47. The Morgan fingerprint density at radius 1 is 0.800 bits per heavy atom. The highest BCUT2D eigenvalue weighted by atomic mass is 14.3. The van der Waals surface area contributed by atoms with Gasteiger partial charge in [-0.05, 0) is 82.3 Å². The molecule has 0 aromatic carbocycles. The molecule has 214 valence electrons. The van der Waals surface area contributed by atoms with E-state index in [1.54, 1.807) is 5.57 Å². The maximum atomic E-state index is 4.25. The Balaban J connectivity index is 1.86. The van der Waals surface area contributed by atoms with E-state index in [0.717, 1.165) is 12.3 Å². The van der Waals surface area contributed by atoms with Gasteiger partial charge in [0.1, 0.15) is 0 Å². The lowest BCUT2D eigenvalue weighted by molar-refractivity contribution is 0.291. The average molecular weight is 535 g/mol. The monoisotopic (exact) mass is 534 g/mol. The number of rotatable bonds is 10. The van der Waals surface area contributed by atoms with E-state index < -0.39 is 0 Å². The van der Waals surface area contributed by atoms with Gasteiger partial charge in [-0.25, -0.2) is 0 Å². The van der Waals surface area contributed by atoms with Gasteiger partial charge < -0.3 is 0 Å². The van der Waals surface area contributed by atoms with Crippen LogP contribution in [0.25, 0.3) is 0 Å². The van der Waals surface area contributed by atoms with Crippen LogP contribution in [0.5, 0.6) is 0 Å². The fourth-order valence-corrected chi connectivity index (χ4v) is 5.62. The second-order valence-corrected chi connectivity index (χ2v) is 12.8. The molecule has 0 aromatic heterocycles. The molecule has 2 rings (SSSR count). The van der Waals surface area contributed by atoms with Crippen LogP contribution in [0.1, 0.15) is 81.6 Å². The quantitative estimate of drug-likeness (QED) is 0.244. The third kappa shape index (κ3) is 11.5. The third-order valence-corrected chi connectivity index (χ3v) is 7.99. The maximum absolute atomic E-state index is 4.25. The molecule has 0 nitrogen and oxygen atoms in total. The summed E-state index contributed by atoms with van der Waals surface area (Å²) in [5, 5.41) is 0. The van der Waals surface area contributed by atoms with Crippen molar-refractivity contribution in [2.45, 2.75) is 81.6 Å². The third-order valence-electron chi connectivity index (χ3n) is 7.99. The standard InChI is InChI=1S/C40H54/c1-30(18-13-20-32(3)23-25-38-36(7)28-34(5)29-37(38)8)16-11-12-17-31(2)19-14-21-33(4)24-26-39-35(6)22-15-27-40(39,9)10/h11-26,34,36,39H,6,27-29H2,1-5,7-10H3/b12-11+,18-13+,19-14+,25-23+,26-24+,30-16+,31-17+,32-20+,33-21+/t34?,36-,39-/m0/s1. The number of allylic oxidation sites excluding steroid dienone is 23. The molecule has 0 saturated carbocycles. The minimum absolute atomic E-state index is 0.225. The largest absolute Gasteiger partial charge is 0.0952 e. The summed E-state index contributed by atoms with van der Waals surface area (Å²) in [6.07, 6.45) is 38.6. The number of hydrogen-bond acceptors (Lipinski definition) is 0. The molecule has 0 radical (unpaired) electrons. The van der Waals surface area contributed by atoms with E-state index in [0.29, 0.717) is 11.8 Å². The molecule has 0 amide bonds. The van der Waals surface area contributed by atoms with E-state index in [9.17, 15) is 0 Å². The smallest absolute Gasteiger partial charge is 0.00693 e. The molecule has 40 heavy (non-hydrogen) atoms. The van der Waals surface area contributed by atoms with Crippen molar-refractivity contribution in [1.29, 1.82) is 0 Å². The van der Waals surface area contributed by atoms with Gasteiger partial charge in [0.2, 0.25) is 0 Å². The van der Waals surface area contributed by atoms with Gasteiger partial charge in [-0.2, -0.15) is 0 Å². The highest BCUT2D eigenvalue weighted by Gasteiger charge is 2.30. The zero-order valence-electron chi connectivity index (χ0n) is 26.8. The molecule has 0 aliphatic heterocycles. The first-order valence-corrected chi connectivity index (χ1v) is 15.0. The lowest BCUT2D eigenvalue weighted by Crippen LogP contribution is -2.25. The van der Waals surface area contributed by atoms with Crippen LogP contribution in [0.4, 0.5) is 0 Å². The van der Waals surface area contributed by atoms with Crippen molar-refractivity contribution in [1.82, 2.24) is 0 Å². The van der Waals surface area contributed by atoms with E-state index >= 15 is 0 Å². The average Bonchev–Trinajstić information content (AvgIpc) is 2.85. The molecule has 0 N–H and O–H groups in total. The van der Waals surface area contributed by atoms with Crippen LogP contribution in [0.2, 0.25) is 0 Å². The molecule has 0 spiro atoms. The van der Waals surface area contributed by atoms with Gasteiger partial charge in [0.15, 0.2) is 0 Å². The topological polar surface area (TPSA) is 0 Å². The molecule has 0 saturated heterocycles. The van der Waals surface area contributed by atoms with Crippen molar-refractivity contribution in [2.75, 3.05) is 0 Å². The van der Waals surface area contributed by atoms with Crippen LogP contribution < -0.4 is 0 Å². The van der Waals surface area contributed by atoms with Crippen LogP contribution in [-0.4, -0.2) is 0 Å². The predicted octanol–water partition coefficient (Wildman–Crippen LogP) is 12.1. The van der Waals surface area contributed by atoms with Gasteiger partial charge in [-0.15, -0.1) is 0 Å². The van der Waals surface area contributed by atoms with Crippen LogP contribution in [-0.2, 0) is 0 Å². The Bertz CT molecular complexity index is 1220. The van der Waals surface area contributed by atoms with E-state index in [1.807, 2.05) is 0 Å². The fraction of sp³-hybridized carbons (Fsp3) is 0.400. The summed E-state index contributed by atoms with van der Waals surface area (Å²) in [6, 6.07) is 0. The molecule has 0 fully saturated rings. The van der Waals surface area contributed by atoms with Crippen LogP contribution >= 0.6 is 0 Å². The van der Waals surface area contributed by atoms with Crippen LogP contribution in [0.15, 0.2) is 143 Å². The zero-order valence-corrected chi connectivity index (χ0v) is 26.8. The summed E-state index contributed by atoms with van der Waals surface area (Å²) in [6.45, 7) is 24.5. The van der Waals surface area contributed by atoms with Crippen molar-refractivity contribution in [3.63, 3.8) is 0 Å². The van der Waals surface area contributed by atoms with E-state index in [1.165, 1.54) is 46.3 Å². The molecule has 1 unspecified atom stereocenters. The lowest BCUT2D eigenvalue weighted by Gasteiger charge is -2.35. The van der Waals surface area contributed by atoms with Crippen molar-refractivity contribution in [2.24, 2.45) is 23.2 Å². The van der Waals surface area contributed by atoms with Gasteiger partial charge in [0.05, 0.1) is 0 Å². The van der Waals surface area contributed by atoms with Gasteiger partial charge in [0.25, 0.3) is 0 Å². The Labute approximate surface area is 247 Å². The molecule has 0 bridgehead atoms. The van der Waals surface area contributed by atoms with Gasteiger partial charge in [-0.1, -0.05) is 159 Å². The first-order valence-electron chi connectivity index (χ1n) is 15.0. The normalized spacial score (nSPS) is 25.7. The van der Waals surface area contributed by atoms with Crippen LogP contribution in [0.3, 0.4) is 0 Å². The first-order chi connectivity index (χ1) is 18.9. The molecular formula is C40H54. The second kappa shape index (κ2) is 16.2. The van der Waals surface area contributed by atoms with E-state index in [2.05, 4.69) is 166 Å². The molecule has 2 aliphatic rings. The lowest BCUT2D eigenvalue weighted by atomic mass is 9.69. The van der Waals surface area contributed by atoms with Gasteiger partial charge in [-0.3, -0.25) is 0 Å². The van der Waals surface area contributed by atoms with Crippen molar-refractivity contribution >= 4 is 0 Å². The molecule has 0 heterocycles. The van der Waals surface area contributed by atoms with Crippen LogP contribution in [0, 0.1) is 23.2 Å². The second-order valence-electron chi connectivity index (χ2n) is 12.8. The molecular weight excluding hydrogens is 480 g/mol. The minimum Gasteiger partial charge on any atom is -0.0952 e.